The van der Waals surface area contributed by atoms with Crippen molar-refractivity contribution in [1.82, 2.24) is 29.8 Å². The van der Waals surface area contributed by atoms with Gasteiger partial charge in [0.15, 0.2) is 0 Å². The molecule has 0 saturated heterocycles. The van der Waals surface area contributed by atoms with Crippen LogP contribution in [0.25, 0.3) is 33.4 Å². The number of amides is 1. The van der Waals surface area contributed by atoms with Crippen LogP contribution in [0.4, 0.5) is 5.82 Å². The SMILES string of the molecule is C=CC(=O)NC1=CCc2ccc(-c3c(-c4ccc(Oc5nccc(C)n5)cc4)c4c(N)ncnc4n3C)cc2[C@H]1C=O. The Morgan fingerprint density at radius 1 is 1.12 bits per heavy atom. The Hall–Kier alpha value is -5.64. The van der Waals surface area contributed by atoms with Gasteiger partial charge < -0.3 is 25.1 Å². The molecular formula is C32H27N7O3. The highest BCUT2D eigenvalue weighted by molar-refractivity contribution is 6.07. The zero-order valence-electron chi connectivity index (χ0n) is 23.0. The van der Waals surface area contributed by atoms with Gasteiger partial charge in [-0.1, -0.05) is 36.9 Å². The lowest BCUT2D eigenvalue weighted by Gasteiger charge is -2.24. The molecule has 0 aliphatic heterocycles. The molecule has 6 rings (SSSR count). The third-order valence-electron chi connectivity index (χ3n) is 7.34. The highest BCUT2D eigenvalue weighted by Gasteiger charge is 2.27. The number of nitrogen functional groups attached to an aromatic ring is 1. The van der Waals surface area contributed by atoms with Gasteiger partial charge in [0, 0.05) is 30.2 Å². The Morgan fingerprint density at radius 3 is 2.64 bits per heavy atom. The Balaban J connectivity index is 1.47. The number of nitrogens with two attached hydrogens (primary N) is 1. The number of aryl methyl sites for hydroxylation is 2. The highest BCUT2D eigenvalue weighted by Crippen LogP contribution is 2.43. The number of nitrogens with one attached hydrogen (secondary N) is 1. The van der Waals surface area contributed by atoms with E-state index in [4.69, 9.17) is 10.5 Å². The largest absolute Gasteiger partial charge is 0.424 e. The van der Waals surface area contributed by atoms with Gasteiger partial charge in [0.2, 0.25) is 5.91 Å². The molecule has 0 saturated carbocycles. The normalized spacial score (nSPS) is 14.1. The minimum atomic E-state index is -0.624. The number of aromatic nitrogens is 5. The number of benzene rings is 2. The highest BCUT2D eigenvalue weighted by atomic mass is 16.5. The number of carbonyl (C=O) groups is 2. The molecule has 3 N–H and O–H groups in total. The molecule has 3 aromatic heterocycles. The summed E-state index contributed by atoms with van der Waals surface area (Å²) in [5.74, 6) is -0.0507. The van der Waals surface area contributed by atoms with Crippen molar-refractivity contribution in [3.63, 3.8) is 0 Å². The molecule has 0 bridgehead atoms. The van der Waals surface area contributed by atoms with E-state index in [-0.39, 0.29) is 11.9 Å². The molecule has 0 radical (unpaired) electrons. The molecule has 0 fully saturated rings. The number of nitrogens with zero attached hydrogens (tertiary/aromatic N) is 5. The quantitative estimate of drug-likeness (QED) is 0.215. The summed E-state index contributed by atoms with van der Waals surface area (Å²) in [7, 11) is 1.92. The topological polar surface area (TPSA) is 138 Å². The lowest BCUT2D eigenvalue weighted by Crippen LogP contribution is -2.27. The molecule has 10 heteroatoms. The minimum Gasteiger partial charge on any atom is -0.424 e. The van der Waals surface area contributed by atoms with E-state index < -0.39 is 5.92 Å². The summed E-state index contributed by atoms with van der Waals surface area (Å²) in [5.41, 5.74) is 13.7. The molecule has 0 spiro atoms. The number of hydrogen-bond donors (Lipinski definition) is 2. The lowest BCUT2D eigenvalue weighted by atomic mass is 9.84. The third kappa shape index (κ3) is 4.68. The van der Waals surface area contributed by atoms with Gasteiger partial charge in [-0.25, -0.2) is 19.9 Å². The smallest absolute Gasteiger partial charge is 0.322 e. The van der Waals surface area contributed by atoms with Crippen LogP contribution in [0.15, 0.2) is 85.5 Å². The summed E-state index contributed by atoms with van der Waals surface area (Å²) < 4.78 is 7.84. The molecule has 0 unspecified atom stereocenters. The average Bonchev–Trinajstić information content (AvgIpc) is 3.30. The van der Waals surface area contributed by atoms with Gasteiger partial charge in [-0.2, -0.15) is 0 Å². The van der Waals surface area contributed by atoms with Crippen LogP contribution >= 0.6 is 0 Å². The van der Waals surface area contributed by atoms with Crippen molar-refractivity contribution in [3.8, 4) is 34.1 Å². The van der Waals surface area contributed by atoms with Gasteiger partial charge in [0.05, 0.1) is 17.0 Å². The lowest BCUT2D eigenvalue weighted by molar-refractivity contribution is -0.116. The van der Waals surface area contributed by atoms with E-state index in [1.165, 1.54) is 12.4 Å². The predicted molar refractivity (Wildman–Crippen MR) is 160 cm³/mol. The molecule has 5 aromatic rings. The van der Waals surface area contributed by atoms with Gasteiger partial charge >= 0.3 is 6.01 Å². The van der Waals surface area contributed by atoms with Crippen molar-refractivity contribution in [2.75, 3.05) is 5.73 Å². The fourth-order valence-corrected chi connectivity index (χ4v) is 5.37. The van der Waals surface area contributed by atoms with Crippen LogP contribution in [0.3, 0.4) is 0 Å². The van der Waals surface area contributed by atoms with E-state index in [1.54, 1.807) is 12.3 Å². The predicted octanol–water partition coefficient (Wildman–Crippen LogP) is 4.80. The second kappa shape index (κ2) is 10.7. The van der Waals surface area contributed by atoms with Crippen LogP contribution in [0, 0.1) is 6.92 Å². The minimum absolute atomic E-state index is 0.266. The van der Waals surface area contributed by atoms with Gasteiger partial charge in [0.1, 0.15) is 29.8 Å². The maximum Gasteiger partial charge on any atom is 0.322 e. The van der Waals surface area contributed by atoms with Crippen LogP contribution in [0.2, 0.25) is 0 Å². The molecule has 2 aromatic carbocycles. The molecule has 3 heterocycles. The summed E-state index contributed by atoms with van der Waals surface area (Å²) in [6, 6.07) is 15.7. The van der Waals surface area contributed by atoms with Crippen molar-refractivity contribution >= 4 is 29.0 Å². The summed E-state index contributed by atoms with van der Waals surface area (Å²) in [6.07, 6.45) is 7.58. The standard InChI is InChI=1S/C32H27N7O3/c1-4-26(41)38-25-12-9-19-5-6-21(15-23(19)24(25)16-40)29-27(28-30(33)35-17-36-31(28)39(29)3)20-7-10-22(11-8-20)42-32-34-14-13-18(2)37-32/h4-8,10-17,24H,1,9H2,2-3H3,(H,38,41)(H2,33,35,36)/t24-/m1/s1. The number of anilines is 1. The number of fused-ring (bicyclic) bond motifs is 2. The van der Waals surface area contributed by atoms with Crippen LogP contribution in [-0.4, -0.2) is 36.7 Å². The van der Waals surface area contributed by atoms with Crippen molar-refractivity contribution < 1.29 is 14.3 Å². The number of ether oxygens (including phenoxy) is 1. The molecule has 10 nitrogen and oxygen atoms in total. The fourth-order valence-electron chi connectivity index (χ4n) is 5.37. The molecule has 1 aliphatic carbocycles. The van der Waals surface area contributed by atoms with Crippen molar-refractivity contribution in [1.29, 1.82) is 0 Å². The first kappa shape index (κ1) is 26.6. The van der Waals surface area contributed by atoms with Gasteiger partial charge in [-0.3, -0.25) is 4.79 Å². The first-order chi connectivity index (χ1) is 20.4. The van der Waals surface area contributed by atoms with Crippen molar-refractivity contribution in [2.45, 2.75) is 19.3 Å². The molecule has 1 amide bonds. The molecular weight excluding hydrogens is 530 g/mol. The van der Waals surface area contributed by atoms with Crippen LogP contribution in [0.1, 0.15) is 22.7 Å². The molecule has 42 heavy (non-hydrogen) atoms. The van der Waals surface area contributed by atoms with Crippen LogP contribution in [0.5, 0.6) is 11.8 Å². The van der Waals surface area contributed by atoms with E-state index in [0.29, 0.717) is 34.7 Å². The number of carbonyl (C=O) groups excluding carboxylic acids is 2. The fraction of sp³-hybridized carbons (Fsp3) is 0.125. The molecule has 1 aliphatic rings. The monoisotopic (exact) mass is 557 g/mol. The Kier molecular flexibility index (Phi) is 6.79. The first-order valence-corrected chi connectivity index (χ1v) is 13.3. The van der Waals surface area contributed by atoms with E-state index >= 15 is 0 Å². The Labute approximate surface area is 241 Å². The molecule has 208 valence electrons. The first-order valence-electron chi connectivity index (χ1n) is 13.3. The Bertz CT molecular complexity index is 1910. The van der Waals surface area contributed by atoms with Gasteiger partial charge in [-0.05, 0) is 65.9 Å². The van der Waals surface area contributed by atoms with Gasteiger partial charge in [0.25, 0.3) is 0 Å². The van der Waals surface area contributed by atoms with Crippen molar-refractivity contribution in [3.05, 3.63) is 102 Å². The van der Waals surface area contributed by atoms with Crippen molar-refractivity contribution in [2.24, 2.45) is 7.05 Å². The van der Waals surface area contributed by atoms with Crippen LogP contribution in [-0.2, 0) is 23.1 Å². The average molecular weight is 558 g/mol. The maximum atomic E-state index is 12.3. The van der Waals surface area contributed by atoms with E-state index in [1.807, 2.05) is 67.1 Å². The van der Waals surface area contributed by atoms with E-state index in [0.717, 1.165) is 45.5 Å². The number of rotatable bonds is 7. The number of aldehydes is 1. The third-order valence-corrected chi connectivity index (χ3v) is 7.34. The zero-order chi connectivity index (χ0) is 29.4. The van der Waals surface area contributed by atoms with E-state index in [9.17, 15) is 9.59 Å². The maximum absolute atomic E-state index is 12.3. The zero-order valence-corrected chi connectivity index (χ0v) is 23.0. The molecule has 1 atom stereocenters. The van der Waals surface area contributed by atoms with Gasteiger partial charge in [-0.15, -0.1) is 0 Å². The second-order valence-corrected chi connectivity index (χ2v) is 9.93. The summed E-state index contributed by atoms with van der Waals surface area (Å²) in [5, 5.41) is 3.50. The summed E-state index contributed by atoms with van der Waals surface area (Å²) >= 11 is 0. The van der Waals surface area contributed by atoms with E-state index in [2.05, 4.69) is 31.8 Å². The summed E-state index contributed by atoms with van der Waals surface area (Å²) in [4.78, 5) is 41.6. The number of hydrogen-bond acceptors (Lipinski definition) is 8. The second-order valence-electron chi connectivity index (χ2n) is 9.93. The van der Waals surface area contributed by atoms with Crippen LogP contribution < -0.4 is 15.8 Å². The Morgan fingerprint density at radius 2 is 1.90 bits per heavy atom. The number of allylic oxidation sites excluding steroid dienone is 2. The summed E-state index contributed by atoms with van der Waals surface area (Å²) in [6.45, 7) is 5.39.